The van der Waals surface area contributed by atoms with Crippen molar-refractivity contribution >= 4 is 45.4 Å². The van der Waals surface area contributed by atoms with Crippen LogP contribution in [0.1, 0.15) is 5.56 Å². The number of amides is 1. The van der Waals surface area contributed by atoms with Crippen LogP contribution in [0.15, 0.2) is 64.6 Å². The largest absolute Gasteiger partial charge is 0.493 e. The molecule has 0 aliphatic rings. The van der Waals surface area contributed by atoms with Crippen LogP contribution in [0.3, 0.4) is 0 Å². The third kappa shape index (κ3) is 5.34. The molecule has 3 rings (SSSR count). The van der Waals surface area contributed by atoms with Crippen molar-refractivity contribution in [3.63, 3.8) is 0 Å². The fraction of sp³-hybridized carbons (Fsp3) is 0.150. The number of thiazole rings is 1. The van der Waals surface area contributed by atoms with Gasteiger partial charge in [-0.1, -0.05) is 36.5 Å². The van der Waals surface area contributed by atoms with Crippen LogP contribution in [-0.2, 0) is 4.79 Å². The Morgan fingerprint density at radius 3 is 2.96 bits per heavy atom. The van der Waals surface area contributed by atoms with E-state index in [9.17, 15) is 4.79 Å². The lowest BCUT2D eigenvalue weighted by Crippen LogP contribution is -2.19. The zero-order valence-electron chi connectivity index (χ0n) is 15.3. The molecule has 0 spiro atoms. The smallest absolute Gasteiger partial charge is 0.250 e. The van der Waals surface area contributed by atoms with Crippen molar-refractivity contribution in [1.82, 2.24) is 10.4 Å². The number of hydrazone groups is 1. The van der Waals surface area contributed by atoms with E-state index in [1.165, 1.54) is 11.8 Å². The highest BCUT2D eigenvalue weighted by Gasteiger charge is 2.07. The van der Waals surface area contributed by atoms with Gasteiger partial charge in [0.25, 0.3) is 5.91 Å². The second kappa shape index (κ2) is 9.91. The average molecular weight is 414 g/mol. The minimum Gasteiger partial charge on any atom is -0.493 e. The van der Waals surface area contributed by atoms with Crippen molar-refractivity contribution in [3.8, 4) is 11.5 Å². The number of benzene rings is 2. The minimum atomic E-state index is -0.196. The van der Waals surface area contributed by atoms with E-state index in [4.69, 9.17) is 9.47 Å². The molecule has 28 heavy (non-hydrogen) atoms. The third-order valence-corrected chi connectivity index (χ3v) is 5.73. The van der Waals surface area contributed by atoms with Crippen LogP contribution in [0.4, 0.5) is 0 Å². The fourth-order valence-corrected chi connectivity index (χ4v) is 4.14. The molecule has 0 atom stereocenters. The van der Waals surface area contributed by atoms with Gasteiger partial charge in [-0.15, -0.1) is 11.3 Å². The van der Waals surface area contributed by atoms with Gasteiger partial charge in [0.15, 0.2) is 15.8 Å². The molecule has 1 amide bonds. The lowest BCUT2D eigenvalue weighted by molar-refractivity contribution is -0.118. The number of nitrogens with zero attached hydrogens (tertiary/aromatic N) is 2. The first-order valence-electron chi connectivity index (χ1n) is 8.41. The molecule has 144 valence electrons. The average Bonchev–Trinajstić information content (AvgIpc) is 3.14. The number of hydrogen-bond donors (Lipinski definition) is 1. The van der Waals surface area contributed by atoms with Gasteiger partial charge in [-0.2, -0.15) is 5.10 Å². The molecule has 6 nitrogen and oxygen atoms in total. The zero-order valence-corrected chi connectivity index (χ0v) is 16.9. The first-order valence-corrected chi connectivity index (χ1v) is 10.2. The van der Waals surface area contributed by atoms with Gasteiger partial charge in [-0.3, -0.25) is 4.79 Å². The summed E-state index contributed by atoms with van der Waals surface area (Å²) >= 11 is 2.97. The number of aromatic nitrogens is 1. The summed E-state index contributed by atoms with van der Waals surface area (Å²) in [5.74, 6) is 1.26. The van der Waals surface area contributed by atoms with Crippen LogP contribution < -0.4 is 14.9 Å². The minimum absolute atomic E-state index is 0.196. The van der Waals surface area contributed by atoms with E-state index in [2.05, 4.69) is 22.1 Å². The van der Waals surface area contributed by atoms with Crippen LogP contribution in [0, 0.1) is 0 Å². The van der Waals surface area contributed by atoms with Crippen molar-refractivity contribution in [2.75, 3.05) is 19.5 Å². The van der Waals surface area contributed by atoms with Gasteiger partial charge < -0.3 is 9.47 Å². The summed E-state index contributed by atoms with van der Waals surface area (Å²) in [5, 5.41) is 4.00. The van der Waals surface area contributed by atoms with Gasteiger partial charge in [0.1, 0.15) is 6.61 Å². The summed E-state index contributed by atoms with van der Waals surface area (Å²) in [6.45, 7) is 4.01. The van der Waals surface area contributed by atoms with E-state index in [1.54, 1.807) is 42.9 Å². The fourth-order valence-electron chi connectivity index (χ4n) is 2.28. The highest BCUT2D eigenvalue weighted by molar-refractivity contribution is 8.01. The lowest BCUT2D eigenvalue weighted by atomic mass is 10.2. The van der Waals surface area contributed by atoms with Crippen LogP contribution >= 0.6 is 23.1 Å². The number of fused-ring (bicyclic) bond motifs is 1. The van der Waals surface area contributed by atoms with E-state index in [0.717, 1.165) is 20.1 Å². The zero-order chi connectivity index (χ0) is 19.8. The molecular weight excluding hydrogens is 394 g/mol. The molecule has 0 aliphatic carbocycles. The second-order valence-corrected chi connectivity index (χ2v) is 7.79. The number of carbonyl (C=O) groups excluding carboxylic acids is 1. The molecule has 0 saturated carbocycles. The van der Waals surface area contributed by atoms with E-state index in [-0.39, 0.29) is 11.7 Å². The SMILES string of the molecule is C=CCOc1ccc(/C=N/NC(=O)CSc2nc3ccccc3s2)cc1OC. The maximum atomic E-state index is 12.0. The Kier molecular flexibility index (Phi) is 7.05. The number of ether oxygens (including phenoxy) is 2. The second-order valence-electron chi connectivity index (χ2n) is 5.54. The van der Waals surface area contributed by atoms with Crippen molar-refractivity contribution in [3.05, 3.63) is 60.7 Å². The van der Waals surface area contributed by atoms with Crippen molar-refractivity contribution in [2.24, 2.45) is 5.10 Å². The summed E-state index contributed by atoms with van der Waals surface area (Å²) in [6, 6.07) is 13.3. The van der Waals surface area contributed by atoms with E-state index < -0.39 is 0 Å². The number of para-hydroxylation sites is 1. The Balaban J connectivity index is 1.52. The predicted molar refractivity (Wildman–Crippen MR) is 115 cm³/mol. The number of carbonyl (C=O) groups is 1. The standard InChI is InChI=1S/C20H19N3O3S2/c1-3-10-26-16-9-8-14(11-17(16)25-2)12-21-23-19(24)13-27-20-22-15-6-4-5-7-18(15)28-20/h3-9,11-12H,1,10,13H2,2H3,(H,23,24)/b21-12+. The van der Waals surface area contributed by atoms with Gasteiger partial charge in [-0.05, 0) is 35.9 Å². The van der Waals surface area contributed by atoms with Gasteiger partial charge in [0, 0.05) is 0 Å². The molecule has 0 bridgehead atoms. The Bertz CT molecular complexity index is 968. The molecule has 0 unspecified atom stereocenters. The van der Waals surface area contributed by atoms with Gasteiger partial charge in [0.2, 0.25) is 0 Å². The summed E-state index contributed by atoms with van der Waals surface area (Å²) in [5.41, 5.74) is 4.25. The first-order chi connectivity index (χ1) is 13.7. The quantitative estimate of drug-likeness (QED) is 0.247. The Labute approximate surface area is 171 Å². The van der Waals surface area contributed by atoms with Gasteiger partial charge in [-0.25, -0.2) is 10.4 Å². The van der Waals surface area contributed by atoms with Crippen molar-refractivity contribution in [2.45, 2.75) is 4.34 Å². The molecule has 1 heterocycles. The van der Waals surface area contributed by atoms with Crippen LogP contribution in [0.2, 0.25) is 0 Å². The lowest BCUT2D eigenvalue weighted by Gasteiger charge is -2.09. The molecular formula is C20H19N3O3S2. The molecule has 1 aromatic heterocycles. The summed E-state index contributed by atoms with van der Waals surface area (Å²) in [6.07, 6.45) is 3.22. The van der Waals surface area contributed by atoms with Crippen molar-refractivity contribution in [1.29, 1.82) is 0 Å². The van der Waals surface area contributed by atoms with E-state index in [1.807, 2.05) is 30.3 Å². The predicted octanol–water partition coefficient (Wildman–Crippen LogP) is 4.11. The molecule has 1 N–H and O–H groups in total. The summed E-state index contributed by atoms with van der Waals surface area (Å²) in [4.78, 5) is 16.5. The van der Waals surface area contributed by atoms with Crippen molar-refractivity contribution < 1.29 is 14.3 Å². The molecule has 0 fully saturated rings. The highest BCUT2D eigenvalue weighted by atomic mass is 32.2. The van der Waals surface area contributed by atoms with Gasteiger partial charge >= 0.3 is 0 Å². The number of methoxy groups -OCH3 is 1. The van der Waals surface area contributed by atoms with E-state index >= 15 is 0 Å². The normalized spacial score (nSPS) is 10.9. The number of thioether (sulfide) groups is 1. The first kappa shape index (κ1) is 19.9. The Hall–Kier alpha value is -2.84. The van der Waals surface area contributed by atoms with Crippen LogP contribution in [0.25, 0.3) is 10.2 Å². The maximum absolute atomic E-state index is 12.0. The molecule has 0 radical (unpaired) electrons. The highest BCUT2D eigenvalue weighted by Crippen LogP contribution is 2.29. The molecule has 2 aromatic carbocycles. The Morgan fingerprint density at radius 1 is 1.32 bits per heavy atom. The monoisotopic (exact) mass is 413 g/mol. The topological polar surface area (TPSA) is 72.8 Å². The number of nitrogens with one attached hydrogen (secondary N) is 1. The third-order valence-electron chi connectivity index (χ3n) is 3.55. The maximum Gasteiger partial charge on any atom is 0.250 e. The molecule has 3 aromatic rings. The Morgan fingerprint density at radius 2 is 2.18 bits per heavy atom. The summed E-state index contributed by atoms with van der Waals surface area (Å²) < 4.78 is 12.8. The van der Waals surface area contributed by atoms with E-state index in [0.29, 0.717) is 18.1 Å². The molecule has 8 heteroatoms. The number of hydrogen-bond acceptors (Lipinski definition) is 7. The van der Waals surface area contributed by atoms with Gasteiger partial charge in [0.05, 0.1) is 29.3 Å². The van der Waals surface area contributed by atoms with Crippen LogP contribution in [-0.4, -0.2) is 36.6 Å². The number of rotatable bonds is 9. The summed E-state index contributed by atoms with van der Waals surface area (Å²) in [7, 11) is 1.57. The molecule has 0 saturated heterocycles. The van der Waals surface area contributed by atoms with Crippen LogP contribution in [0.5, 0.6) is 11.5 Å². The molecule has 0 aliphatic heterocycles.